The molecule has 3 heterocycles. The highest BCUT2D eigenvalue weighted by Gasteiger charge is 2.17. The Morgan fingerprint density at radius 3 is 1.32 bits per heavy atom. The normalized spacial score (nSPS) is 11.9. The van der Waals surface area contributed by atoms with Crippen molar-refractivity contribution in [2.24, 2.45) is 0 Å². The molecule has 3 nitrogen and oxygen atoms in total. The number of hydrogen-bond donors (Lipinski definition) is 0. The maximum Gasteiger partial charge on any atom is 0.136 e. The van der Waals surface area contributed by atoms with Gasteiger partial charge in [0.05, 0.1) is 22.1 Å². The monoisotopic (exact) mass is 726 g/mol. The fourth-order valence-corrected chi connectivity index (χ4v) is 9.03. The van der Waals surface area contributed by atoms with Crippen molar-refractivity contribution < 1.29 is 4.42 Å². The summed E-state index contributed by atoms with van der Waals surface area (Å²) in [6, 6.07) is 74.6. The van der Waals surface area contributed by atoms with E-state index in [4.69, 9.17) is 4.42 Å². The number of hydrogen-bond acceptors (Lipinski definition) is 1. The van der Waals surface area contributed by atoms with Crippen LogP contribution in [0.3, 0.4) is 0 Å². The first-order chi connectivity index (χ1) is 28.2. The van der Waals surface area contributed by atoms with Crippen molar-refractivity contribution >= 4 is 65.6 Å². The number of rotatable bonds is 5. The van der Waals surface area contributed by atoms with Crippen molar-refractivity contribution in [2.45, 2.75) is 0 Å². The van der Waals surface area contributed by atoms with Gasteiger partial charge < -0.3 is 13.6 Å². The van der Waals surface area contributed by atoms with E-state index >= 15 is 0 Å². The molecule has 0 spiro atoms. The van der Waals surface area contributed by atoms with Crippen LogP contribution in [0.15, 0.2) is 211 Å². The highest BCUT2D eigenvalue weighted by molar-refractivity contribution is 6.17. The van der Waals surface area contributed by atoms with Crippen LogP contribution >= 0.6 is 0 Å². The van der Waals surface area contributed by atoms with Crippen LogP contribution in [-0.2, 0) is 0 Å². The lowest BCUT2D eigenvalue weighted by atomic mass is 9.96. The summed E-state index contributed by atoms with van der Waals surface area (Å²) in [5.74, 6) is 0. The Morgan fingerprint density at radius 1 is 0.246 bits per heavy atom. The third kappa shape index (κ3) is 4.99. The summed E-state index contributed by atoms with van der Waals surface area (Å²) >= 11 is 0. The number of benzene rings is 9. The summed E-state index contributed by atoms with van der Waals surface area (Å²) < 4.78 is 11.1. The second-order valence-electron chi connectivity index (χ2n) is 14.9. The Hall–Kier alpha value is -7.62. The lowest BCUT2D eigenvalue weighted by Crippen LogP contribution is -1.96. The Morgan fingerprint density at radius 2 is 0.702 bits per heavy atom. The topological polar surface area (TPSA) is 23.0 Å². The van der Waals surface area contributed by atoms with Crippen LogP contribution in [0.5, 0.6) is 0 Å². The van der Waals surface area contributed by atoms with Crippen molar-refractivity contribution in [2.75, 3.05) is 0 Å². The molecule has 0 saturated heterocycles. The zero-order valence-corrected chi connectivity index (χ0v) is 30.9. The highest BCUT2D eigenvalue weighted by atomic mass is 16.3. The molecule has 9 aromatic carbocycles. The van der Waals surface area contributed by atoms with Gasteiger partial charge in [0.15, 0.2) is 0 Å². The maximum absolute atomic E-state index is 6.29. The van der Waals surface area contributed by atoms with Gasteiger partial charge in [-0.2, -0.15) is 0 Å². The molecule has 0 saturated carbocycles. The van der Waals surface area contributed by atoms with E-state index in [0.29, 0.717) is 0 Å². The van der Waals surface area contributed by atoms with E-state index in [2.05, 4.69) is 203 Å². The number of nitrogens with zero attached hydrogens (tertiary/aromatic N) is 2. The summed E-state index contributed by atoms with van der Waals surface area (Å²) in [6.45, 7) is 0. The molecule has 3 aromatic heterocycles. The van der Waals surface area contributed by atoms with Crippen molar-refractivity contribution in [1.82, 2.24) is 9.13 Å². The molecular weight excluding hydrogens is 693 g/mol. The fourth-order valence-electron chi connectivity index (χ4n) is 9.03. The van der Waals surface area contributed by atoms with Crippen LogP contribution in [-0.4, -0.2) is 9.13 Å². The summed E-state index contributed by atoms with van der Waals surface area (Å²) in [5, 5.41) is 7.20. The third-order valence-electron chi connectivity index (χ3n) is 11.7. The van der Waals surface area contributed by atoms with Crippen LogP contribution in [0, 0.1) is 0 Å². The molecule has 0 unspecified atom stereocenters. The van der Waals surface area contributed by atoms with Gasteiger partial charge in [0.25, 0.3) is 0 Å². The SMILES string of the molecule is c1ccc(-c2cc(-c3ccc(-c4ccc(-n5c6ccccc6c6cc7oc8ccccc8c7cc65)cc4)cc3)cc(-n3c4ccccc4c4ccccc43)c2)cc1. The first kappa shape index (κ1) is 31.7. The van der Waals surface area contributed by atoms with Gasteiger partial charge in [-0.05, 0) is 100 Å². The number of furan rings is 1. The summed E-state index contributed by atoms with van der Waals surface area (Å²) in [4.78, 5) is 0. The van der Waals surface area contributed by atoms with Crippen LogP contribution in [0.4, 0.5) is 0 Å². The zero-order valence-electron chi connectivity index (χ0n) is 30.9. The average molecular weight is 727 g/mol. The lowest BCUT2D eigenvalue weighted by Gasteiger charge is -2.14. The van der Waals surface area contributed by atoms with Crippen LogP contribution in [0.2, 0.25) is 0 Å². The molecule has 57 heavy (non-hydrogen) atoms. The van der Waals surface area contributed by atoms with Crippen molar-refractivity contribution in [1.29, 1.82) is 0 Å². The Balaban J connectivity index is 0.942. The minimum atomic E-state index is 0.916. The van der Waals surface area contributed by atoms with Gasteiger partial charge in [0.2, 0.25) is 0 Å². The number of aromatic nitrogens is 2. The summed E-state index contributed by atoms with van der Waals surface area (Å²) in [7, 11) is 0. The van der Waals surface area contributed by atoms with Crippen LogP contribution in [0.25, 0.3) is 110 Å². The van der Waals surface area contributed by atoms with Crippen molar-refractivity contribution in [3.05, 3.63) is 206 Å². The third-order valence-corrected chi connectivity index (χ3v) is 11.7. The first-order valence-corrected chi connectivity index (χ1v) is 19.5. The van der Waals surface area contributed by atoms with Crippen molar-refractivity contribution in [3.63, 3.8) is 0 Å². The molecule has 0 amide bonds. The molecule has 0 aliphatic heterocycles. The molecule has 266 valence electrons. The molecule has 0 aliphatic carbocycles. The molecule has 12 aromatic rings. The Labute approximate surface area is 328 Å². The summed E-state index contributed by atoms with van der Waals surface area (Å²) in [6.07, 6.45) is 0. The molecule has 0 radical (unpaired) electrons. The van der Waals surface area contributed by atoms with Gasteiger partial charge >= 0.3 is 0 Å². The minimum Gasteiger partial charge on any atom is -0.456 e. The molecule has 0 fully saturated rings. The predicted octanol–water partition coefficient (Wildman–Crippen LogP) is 14.8. The molecule has 0 bridgehead atoms. The Bertz CT molecular complexity index is 3440. The van der Waals surface area contributed by atoms with Crippen molar-refractivity contribution in [3.8, 4) is 44.8 Å². The molecule has 12 rings (SSSR count). The van der Waals surface area contributed by atoms with E-state index in [1.165, 1.54) is 77.0 Å². The zero-order chi connectivity index (χ0) is 37.5. The number of para-hydroxylation sites is 4. The van der Waals surface area contributed by atoms with Crippen LogP contribution < -0.4 is 0 Å². The van der Waals surface area contributed by atoms with Gasteiger partial charge in [-0.3, -0.25) is 0 Å². The molecular formula is C54H34N2O. The van der Waals surface area contributed by atoms with Gasteiger partial charge in [-0.1, -0.05) is 140 Å². The first-order valence-electron chi connectivity index (χ1n) is 19.5. The number of fused-ring (bicyclic) bond motifs is 9. The smallest absolute Gasteiger partial charge is 0.136 e. The predicted molar refractivity (Wildman–Crippen MR) is 239 cm³/mol. The molecule has 0 N–H and O–H groups in total. The maximum atomic E-state index is 6.29. The van der Waals surface area contributed by atoms with E-state index in [0.717, 1.165) is 33.3 Å². The van der Waals surface area contributed by atoms with E-state index in [1.807, 2.05) is 12.1 Å². The van der Waals surface area contributed by atoms with Gasteiger partial charge in [-0.25, -0.2) is 0 Å². The Kier molecular flexibility index (Phi) is 6.93. The lowest BCUT2D eigenvalue weighted by molar-refractivity contribution is 0.669. The quantitative estimate of drug-likeness (QED) is 0.173. The highest BCUT2D eigenvalue weighted by Crippen LogP contribution is 2.40. The standard InChI is InChI=1S/C54H34N2O/c1-2-12-35(13-3-1)39-30-40(32-42(31-39)56-49-18-8-4-14-43(49)44-15-5-9-19-50(44)56)38-24-22-36(23-25-38)37-26-28-41(29-27-37)55-51-20-10-6-16-45(51)47-34-54-48(33-52(47)55)46-17-7-11-21-53(46)57-54/h1-34H. The minimum absolute atomic E-state index is 0.916. The molecule has 3 heteroatoms. The molecule has 0 atom stereocenters. The second-order valence-corrected chi connectivity index (χ2v) is 14.9. The second kappa shape index (κ2) is 12.5. The van der Waals surface area contributed by atoms with Gasteiger partial charge in [0, 0.05) is 43.7 Å². The van der Waals surface area contributed by atoms with Crippen LogP contribution in [0.1, 0.15) is 0 Å². The van der Waals surface area contributed by atoms with E-state index in [-0.39, 0.29) is 0 Å². The van der Waals surface area contributed by atoms with E-state index in [1.54, 1.807) is 0 Å². The van der Waals surface area contributed by atoms with E-state index in [9.17, 15) is 0 Å². The average Bonchev–Trinajstić information content (AvgIpc) is 3.93. The largest absolute Gasteiger partial charge is 0.456 e. The van der Waals surface area contributed by atoms with E-state index < -0.39 is 0 Å². The fraction of sp³-hybridized carbons (Fsp3) is 0. The van der Waals surface area contributed by atoms with Gasteiger partial charge in [-0.15, -0.1) is 0 Å². The van der Waals surface area contributed by atoms with Gasteiger partial charge in [0.1, 0.15) is 11.2 Å². The summed E-state index contributed by atoms with van der Waals surface area (Å²) in [5.41, 5.74) is 16.0. The molecule has 0 aliphatic rings.